The Morgan fingerprint density at radius 3 is 2.32 bits per heavy atom. The average Bonchev–Trinajstić information content (AvgIpc) is 2.65. The minimum absolute atomic E-state index is 0.170. The van der Waals surface area contributed by atoms with Gasteiger partial charge in [-0.15, -0.1) is 0 Å². The van der Waals surface area contributed by atoms with Gasteiger partial charge in [0.1, 0.15) is 0 Å². The van der Waals surface area contributed by atoms with Gasteiger partial charge in [0.2, 0.25) is 0 Å². The first-order chi connectivity index (χ1) is 13.3. The van der Waals surface area contributed by atoms with Crippen LogP contribution in [0.2, 0.25) is 5.02 Å². The van der Waals surface area contributed by atoms with Crippen LogP contribution in [0.1, 0.15) is 27.1 Å². The van der Waals surface area contributed by atoms with Crippen LogP contribution >= 0.6 is 11.6 Å². The molecular weight excluding hydrogens is 376 g/mol. The number of nitrogens with one attached hydrogen (secondary N) is 2. The molecule has 0 saturated carbocycles. The minimum atomic E-state index is -0.319. The molecule has 2 amide bonds. The molecule has 0 unspecified atom stereocenters. The van der Waals surface area contributed by atoms with Crippen LogP contribution in [0.4, 0.5) is 11.4 Å². The Morgan fingerprint density at radius 2 is 1.68 bits per heavy atom. The van der Waals surface area contributed by atoms with E-state index in [4.69, 9.17) is 11.6 Å². The molecule has 0 aliphatic heterocycles. The fourth-order valence-corrected chi connectivity index (χ4v) is 2.94. The molecule has 0 spiro atoms. The highest BCUT2D eigenvalue weighted by Crippen LogP contribution is 2.24. The summed E-state index contributed by atoms with van der Waals surface area (Å²) in [5.41, 5.74) is 2.21. The van der Waals surface area contributed by atoms with E-state index in [0.29, 0.717) is 28.4 Å². The second-order valence-electron chi connectivity index (χ2n) is 6.97. The van der Waals surface area contributed by atoms with Gasteiger partial charge in [0.15, 0.2) is 0 Å². The lowest BCUT2D eigenvalue weighted by molar-refractivity contribution is 0.0951. The Balaban J connectivity index is 2.17. The van der Waals surface area contributed by atoms with Crippen molar-refractivity contribution in [2.45, 2.75) is 6.42 Å². The molecule has 0 heterocycles. The fraction of sp³-hybridized carbons (Fsp3) is 0.333. The molecular formula is C21H27ClN4O2. The molecule has 0 aromatic heterocycles. The van der Waals surface area contributed by atoms with Gasteiger partial charge >= 0.3 is 0 Å². The molecule has 0 fully saturated rings. The summed E-state index contributed by atoms with van der Waals surface area (Å²) in [7, 11) is 7.74. The van der Waals surface area contributed by atoms with Gasteiger partial charge in [-0.2, -0.15) is 0 Å². The molecule has 0 saturated heterocycles. The largest absolute Gasteiger partial charge is 0.377 e. The van der Waals surface area contributed by atoms with Crippen molar-refractivity contribution in [1.29, 1.82) is 0 Å². The Hall–Kier alpha value is -2.57. The van der Waals surface area contributed by atoms with Gasteiger partial charge in [0.25, 0.3) is 11.8 Å². The number of carbonyl (C=O) groups excluding carboxylic acids is 2. The number of rotatable bonds is 8. The summed E-state index contributed by atoms with van der Waals surface area (Å²) in [4.78, 5) is 29.1. The van der Waals surface area contributed by atoms with Crippen LogP contribution in [0.15, 0.2) is 42.5 Å². The molecule has 2 rings (SSSR count). The van der Waals surface area contributed by atoms with Crippen molar-refractivity contribution >= 4 is 34.8 Å². The highest BCUT2D eigenvalue weighted by atomic mass is 35.5. The second kappa shape index (κ2) is 10.1. The monoisotopic (exact) mass is 402 g/mol. The van der Waals surface area contributed by atoms with Gasteiger partial charge in [0, 0.05) is 32.0 Å². The summed E-state index contributed by atoms with van der Waals surface area (Å²) in [6.07, 6.45) is 0.860. The molecule has 2 aromatic carbocycles. The van der Waals surface area contributed by atoms with Gasteiger partial charge in [-0.3, -0.25) is 9.59 Å². The van der Waals surface area contributed by atoms with Gasteiger partial charge in [-0.25, -0.2) is 0 Å². The summed E-state index contributed by atoms with van der Waals surface area (Å²) in [5.74, 6) is -0.489. The number of benzene rings is 2. The van der Waals surface area contributed by atoms with Crippen molar-refractivity contribution in [3.8, 4) is 0 Å². The van der Waals surface area contributed by atoms with E-state index >= 15 is 0 Å². The first-order valence-corrected chi connectivity index (χ1v) is 9.47. The quantitative estimate of drug-likeness (QED) is 0.665. The Labute approximate surface area is 171 Å². The smallest absolute Gasteiger partial charge is 0.257 e. The van der Waals surface area contributed by atoms with Crippen LogP contribution in [0.3, 0.4) is 0 Å². The van der Waals surface area contributed by atoms with Crippen molar-refractivity contribution in [1.82, 2.24) is 10.2 Å². The maximum absolute atomic E-state index is 12.7. The third-order valence-electron chi connectivity index (χ3n) is 4.17. The van der Waals surface area contributed by atoms with Crippen LogP contribution in [-0.4, -0.2) is 58.0 Å². The van der Waals surface area contributed by atoms with Crippen molar-refractivity contribution in [3.63, 3.8) is 0 Å². The molecule has 2 N–H and O–H groups in total. The summed E-state index contributed by atoms with van der Waals surface area (Å²) in [6, 6.07) is 12.1. The van der Waals surface area contributed by atoms with E-state index in [-0.39, 0.29) is 11.8 Å². The summed E-state index contributed by atoms with van der Waals surface area (Å²) >= 11 is 6.09. The maximum Gasteiger partial charge on any atom is 0.257 e. The summed E-state index contributed by atoms with van der Waals surface area (Å²) in [6.45, 7) is 1.48. The van der Waals surface area contributed by atoms with Gasteiger partial charge in [0.05, 0.1) is 16.1 Å². The Kier molecular flexibility index (Phi) is 7.84. The van der Waals surface area contributed by atoms with Crippen molar-refractivity contribution in [2.24, 2.45) is 0 Å². The van der Waals surface area contributed by atoms with E-state index in [0.717, 1.165) is 18.7 Å². The lowest BCUT2D eigenvalue weighted by Gasteiger charge is -2.19. The number of carbonyl (C=O) groups is 2. The van der Waals surface area contributed by atoms with Crippen molar-refractivity contribution in [2.75, 3.05) is 51.5 Å². The molecule has 0 aliphatic carbocycles. The summed E-state index contributed by atoms with van der Waals surface area (Å²) in [5, 5.41) is 6.14. The average molecular weight is 403 g/mol. The zero-order valence-electron chi connectivity index (χ0n) is 16.8. The first kappa shape index (κ1) is 21.7. The molecule has 0 radical (unpaired) electrons. The molecule has 7 heteroatoms. The molecule has 2 aromatic rings. The molecule has 6 nitrogen and oxygen atoms in total. The topological polar surface area (TPSA) is 64.7 Å². The summed E-state index contributed by atoms with van der Waals surface area (Å²) < 4.78 is 0. The Morgan fingerprint density at radius 1 is 0.964 bits per heavy atom. The van der Waals surface area contributed by atoms with Crippen molar-refractivity contribution in [3.05, 3.63) is 58.6 Å². The number of hydrogen-bond acceptors (Lipinski definition) is 4. The van der Waals surface area contributed by atoms with Gasteiger partial charge in [-0.1, -0.05) is 23.7 Å². The zero-order chi connectivity index (χ0) is 20.7. The maximum atomic E-state index is 12.7. The number of halogens is 1. The number of hydrogen-bond donors (Lipinski definition) is 2. The molecule has 28 heavy (non-hydrogen) atoms. The predicted molar refractivity (Wildman–Crippen MR) is 116 cm³/mol. The number of anilines is 2. The molecule has 150 valence electrons. The SMILES string of the molecule is CN(C)CCCNC(=O)c1cc(NC(=O)c2ccccc2Cl)ccc1N(C)C. The minimum Gasteiger partial charge on any atom is -0.377 e. The van der Waals surface area contributed by atoms with E-state index < -0.39 is 0 Å². The Bertz CT molecular complexity index is 837. The van der Waals surface area contributed by atoms with Gasteiger partial charge in [-0.05, 0) is 57.4 Å². The van der Waals surface area contributed by atoms with Crippen LogP contribution in [0.25, 0.3) is 0 Å². The highest BCUT2D eigenvalue weighted by molar-refractivity contribution is 6.34. The lowest BCUT2D eigenvalue weighted by atomic mass is 10.1. The van der Waals surface area contributed by atoms with E-state index in [1.807, 2.05) is 39.2 Å². The standard InChI is InChI=1S/C21H27ClN4O2/c1-25(2)13-7-12-23-20(27)17-14-15(10-11-19(17)26(3)4)24-21(28)16-8-5-6-9-18(16)22/h5-6,8-11,14H,7,12-13H2,1-4H3,(H,23,27)(H,24,28). The predicted octanol–water partition coefficient (Wildman–Crippen LogP) is 3.34. The van der Waals surface area contributed by atoms with Crippen LogP contribution in [-0.2, 0) is 0 Å². The third kappa shape index (κ3) is 5.97. The van der Waals surface area contributed by atoms with Gasteiger partial charge < -0.3 is 20.4 Å². The normalized spacial score (nSPS) is 10.6. The van der Waals surface area contributed by atoms with E-state index in [1.165, 1.54) is 0 Å². The van der Waals surface area contributed by atoms with Crippen LogP contribution in [0, 0.1) is 0 Å². The van der Waals surface area contributed by atoms with E-state index in [9.17, 15) is 9.59 Å². The fourth-order valence-electron chi connectivity index (χ4n) is 2.72. The first-order valence-electron chi connectivity index (χ1n) is 9.09. The van der Waals surface area contributed by atoms with E-state index in [2.05, 4.69) is 15.5 Å². The molecule has 0 atom stereocenters. The van der Waals surface area contributed by atoms with Crippen molar-refractivity contribution < 1.29 is 9.59 Å². The second-order valence-corrected chi connectivity index (χ2v) is 7.38. The molecule has 0 aliphatic rings. The van der Waals surface area contributed by atoms with E-state index in [1.54, 1.807) is 36.4 Å². The number of nitrogens with zero attached hydrogens (tertiary/aromatic N) is 2. The molecule has 0 bridgehead atoms. The third-order valence-corrected chi connectivity index (χ3v) is 4.50. The lowest BCUT2D eigenvalue weighted by Crippen LogP contribution is -2.28. The zero-order valence-corrected chi connectivity index (χ0v) is 17.5. The number of amides is 2. The van der Waals surface area contributed by atoms with Crippen LogP contribution in [0.5, 0.6) is 0 Å². The van der Waals surface area contributed by atoms with Crippen LogP contribution < -0.4 is 15.5 Å². The highest BCUT2D eigenvalue weighted by Gasteiger charge is 2.16.